The lowest BCUT2D eigenvalue weighted by Crippen LogP contribution is -2.17. The third kappa shape index (κ3) is 3.72. The van der Waals surface area contributed by atoms with Crippen LogP contribution in [-0.4, -0.2) is 6.36 Å². The molecule has 13 heavy (non-hydrogen) atoms. The fourth-order valence-corrected chi connectivity index (χ4v) is 1.47. The van der Waals surface area contributed by atoms with Crippen molar-refractivity contribution in [1.29, 1.82) is 0 Å². The fourth-order valence-electron chi connectivity index (χ4n) is 0.680. The highest BCUT2D eigenvalue weighted by Crippen LogP contribution is 2.31. The Morgan fingerprint density at radius 2 is 1.92 bits per heavy atom. The van der Waals surface area contributed by atoms with Crippen molar-refractivity contribution in [3.63, 3.8) is 0 Å². The second kappa shape index (κ2) is 4.04. The van der Waals surface area contributed by atoms with Crippen LogP contribution >= 0.6 is 38.5 Å². The second-order valence-electron chi connectivity index (χ2n) is 2.12. The molecule has 1 rings (SSSR count). The minimum Gasteiger partial charge on any atom is -0.405 e. The second-order valence-corrected chi connectivity index (χ2v) is 4.22. The first-order valence-corrected chi connectivity index (χ1v) is 4.96. The Hall–Kier alpha value is 0.0200. The van der Waals surface area contributed by atoms with Gasteiger partial charge < -0.3 is 4.74 Å². The van der Waals surface area contributed by atoms with Gasteiger partial charge in [-0.3, -0.25) is 0 Å². The molecule has 6 heteroatoms. The van der Waals surface area contributed by atoms with Crippen LogP contribution in [0.1, 0.15) is 0 Å². The number of hydrogen-bond acceptors (Lipinski definition) is 1. The van der Waals surface area contributed by atoms with E-state index in [0.717, 1.165) is 0 Å². The van der Waals surface area contributed by atoms with E-state index in [-0.39, 0.29) is 10.2 Å². The number of hydrogen-bond donors (Lipinski definition) is 0. The van der Waals surface area contributed by atoms with Crippen LogP contribution in [-0.2, 0) is 0 Å². The van der Waals surface area contributed by atoms with Gasteiger partial charge in [0.1, 0.15) is 5.75 Å². The van der Waals surface area contributed by atoms with Crippen molar-refractivity contribution in [3.05, 3.63) is 26.2 Å². The maximum Gasteiger partial charge on any atom is 0.573 e. The predicted molar refractivity (Wildman–Crippen MR) is 53.5 cm³/mol. The van der Waals surface area contributed by atoms with Crippen LogP contribution in [0, 0.1) is 3.57 Å². The van der Waals surface area contributed by atoms with E-state index in [9.17, 15) is 13.2 Å². The van der Waals surface area contributed by atoms with Crippen LogP contribution in [0.3, 0.4) is 0 Å². The van der Waals surface area contributed by atoms with E-state index < -0.39 is 6.36 Å². The molecule has 0 radical (unpaired) electrons. The highest BCUT2D eigenvalue weighted by Gasteiger charge is 2.31. The molecule has 0 bridgehead atoms. The van der Waals surface area contributed by atoms with E-state index in [1.807, 2.05) is 22.6 Å². The molecule has 1 nitrogen and oxygen atoms in total. The summed E-state index contributed by atoms with van der Waals surface area (Å²) in [6.45, 7) is 0. The molecule has 0 N–H and O–H groups in total. The van der Waals surface area contributed by atoms with Crippen molar-refractivity contribution in [2.45, 2.75) is 6.36 Å². The molecule has 0 atom stereocenters. The van der Waals surface area contributed by atoms with Crippen LogP contribution in [0.4, 0.5) is 13.2 Å². The zero-order valence-corrected chi connectivity index (χ0v) is 9.77. The van der Waals surface area contributed by atoms with Gasteiger partial charge in [0.05, 0.1) is 4.47 Å². The lowest BCUT2D eigenvalue weighted by molar-refractivity contribution is -0.274. The van der Waals surface area contributed by atoms with Crippen LogP contribution in [0.15, 0.2) is 22.7 Å². The van der Waals surface area contributed by atoms with E-state index in [1.54, 1.807) is 6.07 Å². The molecule has 0 amide bonds. The van der Waals surface area contributed by atoms with Crippen LogP contribution < -0.4 is 4.74 Å². The van der Waals surface area contributed by atoms with Crippen molar-refractivity contribution < 1.29 is 17.9 Å². The highest BCUT2D eigenvalue weighted by molar-refractivity contribution is 14.1. The maximum absolute atomic E-state index is 11.8. The highest BCUT2D eigenvalue weighted by atomic mass is 127. The van der Waals surface area contributed by atoms with Crippen molar-refractivity contribution in [2.24, 2.45) is 0 Å². The molecule has 0 aliphatic heterocycles. The smallest absolute Gasteiger partial charge is 0.405 e. The Morgan fingerprint density at radius 3 is 2.46 bits per heavy atom. The molecular formula is C7H3BrF3IO. The van der Waals surface area contributed by atoms with Gasteiger partial charge in [-0.15, -0.1) is 13.2 Å². The molecule has 0 heterocycles. The standard InChI is InChI=1S/C7H3BrF3IO/c8-5-2-1-4(12)3-6(5)13-7(9,10)11/h1-3H. The van der Waals surface area contributed by atoms with Crippen molar-refractivity contribution in [3.8, 4) is 5.75 Å². The molecule has 0 fully saturated rings. The Morgan fingerprint density at radius 1 is 1.31 bits per heavy atom. The Balaban J connectivity index is 2.94. The molecule has 0 saturated carbocycles. The largest absolute Gasteiger partial charge is 0.573 e. The zero-order chi connectivity index (χ0) is 10.1. The quantitative estimate of drug-likeness (QED) is 0.684. The minimum absolute atomic E-state index is 0.223. The molecule has 1 aromatic carbocycles. The summed E-state index contributed by atoms with van der Waals surface area (Å²) in [5, 5.41) is 0. The first-order valence-electron chi connectivity index (χ1n) is 3.09. The summed E-state index contributed by atoms with van der Waals surface area (Å²) in [4.78, 5) is 0. The molecule has 0 saturated heterocycles. The monoisotopic (exact) mass is 366 g/mol. The van der Waals surface area contributed by atoms with Gasteiger partial charge in [-0.1, -0.05) is 0 Å². The topological polar surface area (TPSA) is 9.23 Å². The maximum atomic E-state index is 11.8. The molecule has 0 unspecified atom stereocenters. The third-order valence-corrected chi connectivity index (χ3v) is 2.45. The van der Waals surface area contributed by atoms with Gasteiger partial charge in [-0.05, 0) is 56.7 Å². The van der Waals surface area contributed by atoms with Gasteiger partial charge in [0.25, 0.3) is 0 Å². The van der Waals surface area contributed by atoms with Crippen molar-refractivity contribution >= 4 is 38.5 Å². The summed E-state index contributed by atoms with van der Waals surface area (Å²) in [6.07, 6.45) is -4.65. The van der Waals surface area contributed by atoms with E-state index in [2.05, 4.69) is 20.7 Å². The first-order chi connectivity index (χ1) is 5.88. The van der Waals surface area contributed by atoms with Gasteiger partial charge in [0.2, 0.25) is 0 Å². The number of alkyl halides is 3. The van der Waals surface area contributed by atoms with E-state index in [4.69, 9.17) is 0 Å². The number of rotatable bonds is 1. The fraction of sp³-hybridized carbons (Fsp3) is 0.143. The van der Waals surface area contributed by atoms with Crippen LogP contribution in [0.25, 0.3) is 0 Å². The van der Waals surface area contributed by atoms with E-state index in [0.29, 0.717) is 3.57 Å². The third-order valence-electron chi connectivity index (χ3n) is 1.12. The Kier molecular flexibility index (Phi) is 3.44. The molecule has 1 aromatic rings. The number of benzene rings is 1. The Bertz CT molecular complexity index is 313. The number of ether oxygens (including phenoxy) is 1. The summed E-state index contributed by atoms with van der Waals surface area (Å²) < 4.78 is 40.1. The lowest BCUT2D eigenvalue weighted by Gasteiger charge is -2.10. The van der Waals surface area contributed by atoms with E-state index in [1.165, 1.54) is 12.1 Å². The molecule has 0 aliphatic rings. The van der Waals surface area contributed by atoms with Gasteiger partial charge in [-0.25, -0.2) is 0 Å². The van der Waals surface area contributed by atoms with Crippen molar-refractivity contribution in [1.82, 2.24) is 0 Å². The van der Waals surface area contributed by atoms with E-state index >= 15 is 0 Å². The van der Waals surface area contributed by atoms with Crippen LogP contribution in [0.5, 0.6) is 5.75 Å². The summed E-state index contributed by atoms with van der Waals surface area (Å²) in [5.41, 5.74) is 0. The molecular weight excluding hydrogens is 364 g/mol. The minimum atomic E-state index is -4.65. The Labute approximate surface area is 94.5 Å². The molecule has 0 spiro atoms. The average molecular weight is 367 g/mol. The summed E-state index contributed by atoms with van der Waals surface area (Å²) in [6, 6.07) is 4.48. The predicted octanol–water partition coefficient (Wildman–Crippen LogP) is 3.95. The molecule has 0 aliphatic carbocycles. The SMILES string of the molecule is FC(F)(F)Oc1cc(I)ccc1Br. The molecule has 72 valence electrons. The zero-order valence-electron chi connectivity index (χ0n) is 6.03. The van der Waals surface area contributed by atoms with Gasteiger partial charge in [0.15, 0.2) is 0 Å². The number of halogens is 5. The molecule has 0 aromatic heterocycles. The summed E-state index contributed by atoms with van der Waals surface area (Å²) in [7, 11) is 0. The summed E-state index contributed by atoms with van der Waals surface area (Å²) in [5.74, 6) is -0.223. The first kappa shape index (κ1) is 11.1. The normalized spacial score (nSPS) is 11.5. The summed E-state index contributed by atoms with van der Waals surface area (Å²) >= 11 is 4.86. The van der Waals surface area contributed by atoms with Gasteiger partial charge >= 0.3 is 6.36 Å². The average Bonchev–Trinajstić information content (AvgIpc) is 1.94. The lowest BCUT2D eigenvalue weighted by atomic mass is 10.3. The van der Waals surface area contributed by atoms with Crippen molar-refractivity contribution in [2.75, 3.05) is 0 Å². The van der Waals surface area contributed by atoms with Gasteiger partial charge in [0, 0.05) is 3.57 Å². The van der Waals surface area contributed by atoms with Gasteiger partial charge in [-0.2, -0.15) is 0 Å². The van der Waals surface area contributed by atoms with Crippen LogP contribution in [0.2, 0.25) is 0 Å².